The van der Waals surface area contributed by atoms with Crippen molar-refractivity contribution in [2.24, 2.45) is 0 Å². The molecule has 6 nitrogen and oxygen atoms in total. The van der Waals surface area contributed by atoms with Gasteiger partial charge in [0, 0.05) is 19.3 Å². The number of rotatable bonds is 8. The Morgan fingerprint density at radius 3 is 2.41 bits per heavy atom. The SMILES string of the molecule is O=C(CCC(O)CC1CO1)OC(O)CC1CO1. The van der Waals surface area contributed by atoms with E-state index < -0.39 is 18.4 Å². The van der Waals surface area contributed by atoms with E-state index in [1.165, 1.54) is 0 Å². The first kappa shape index (κ1) is 12.8. The average Bonchev–Trinajstić information content (AvgIpc) is 3.10. The summed E-state index contributed by atoms with van der Waals surface area (Å²) in [6.07, 6.45) is -0.135. The zero-order valence-electron chi connectivity index (χ0n) is 9.58. The van der Waals surface area contributed by atoms with Crippen LogP contribution in [0.4, 0.5) is 0 Å². The molecule has 2 heterocycles. The number of aliphatic hydroxyl groups is 2. The van der Waals surface area contributed by atoms with Gasteiger partial charge in [-0.2, -0.15) is 0 Å². The fourth-order valence-electron chi connectivity index (χ4n) is 1.60. The van der Waals surface area contributed by atoms with E-state index in [1.54, 1.807) is 0 Å². The molecule has 2 saturated heterocycles. The molecule has 2 rings (SSSR count). The van der Waals surface area contributed by atoms with Gasteiger partial charge in [0.05, 0.1) is 31.5 Å². The summed E-state index contributed by atoms with van der Waals surface area (Å²) in [6, 6.07) is 0. The third kappa shape index (κ3) is 5.45. The highest BCUT2D eigenvalue weighted by Gasteiger charge is 2.28. The largest absolute Gasteiger partial charge is 0.436 e. The van der Waals surface area contributed by atoms with Crippen LogP contribution in [0, 0.1) is 0 Å². The summed E-state index contributed by atoms with van der Waals surface area (Å²) in [6.45, 7) is 1.32. The molecule has 0 bridgehead atoms. The first-order valence-corrected chi connectivity index (χ1v) is 5.92. The molecular weight excluding hydrogens is 228 g/mol. The molecule has 4 unspecified atom stereocenters. The molecule has 6 heteroatoms. The molecule has 0 aliphatic carbocycles. The van der Waals surface area contributed by atoms with Gasteiger partial charge in [-0.05, 0) is 6.42 Å². The first-order chi connectivity index (χ1) is 8.13. The van der Waals surface area contributed by atoms with Crippen LogP contribution in [0.25, 0.3) is 0 Å². The summed E-state index contributed by atoms with van der Waals surface area (Å²) in [5, 5.41) is 18.9. The molecule has 0 aromatic rings. The Kier molecular flexibility index (Phi) is 4.33. The van der Waals surface area contributed by atoms with Crippen molar-refractivity contribution < 1.29 is 29.2 Å². The number of ether oxygens (including phenoxy) is 3. The summed E-state index contributed by atoms with van der Waals surface area (Å²) in [4.78, 5) is 11.3. The van der Waals surface area contributed by atoms with Gasteiger partial charge >= 0.3 is 5.97 Å². The number of carbonyl (C=O) groups is 1. The third-order valence-corrected chi connectivity index (χ3v) is 2.75. The van der Waals surface area contributed by atoms with Crippen molar-refractivity contribution in [3.05, 3.63) is 0 Å². The lowest BCUT2D eigenvalue weighted by atomic mass is 10.1. The minimum Gasteiger partial charge on any atom is -0.436 e. The fraction of sp³-hybridized carbons (Fsp3) is 0.909. The number of esters is 1. The van der Waals surface area contributed by atoms with E-state index in [-0.39, 0.29) is 18.6 Å². The smallest absolute Gasteiger partial charge is 0.308 e. The Bertz CT molecular complexity index is 261. The van der Waals surface area contributed by atoms with Gasteiger partial charge in [-0.3, -0.25) is 4.79 Å². The first-order valence-electron chi connectivity index (χ1n) is 5.92. The molecule has 0 aromatic heterocycles. The summed E-state index contributed by atoms with van der Waals surface area (Å²) in [5.74, 6) is -0.492. The maximum absolute atomic E-state index is 11.3. The van der Waals surface area contributed by atoms with Crippen LogP contribution in [0.1, 0.15) is 25.7 Å². The number of aliphatic hydroxyl groups excluding tert-OH is 2. The highest BCUT2D eigenvalue weighted by atomic mass is 16.6. The standard InChI is InChI=1S/C11H18O6/c12-7(3-8-5-15-8)1-2-10(13)17-11(14)4-9-6-16-9/h7-9,11-12,14H,1-6H2. The highest BCUT2D eigenvalue weighted by molar-refractivity contribution is 5.69. The molecular formula is C11H18O6. The van der Waals surface area contributed by atoms with Gasteiger partial charge in [-0.15, -0.1) is 0 Å². The molecule has 17 heavy (non-hydrogen) atoms. The molecule has 0 spiro atoms. The molecule has 98 valence electrons. The van der Waals surface area contributed by atoms with E-state index >= 15 is 0 Å². The van der Waals surface area contributed by atoms with Crippen LogP contribution in [-0.2, 0) is 19.0 Å². The van der Waals surface area contributed by atoms with Crippen molar-refractivity contribution in [3.8, 4) is 0 Å². The second-order valence-corrected chi connectivity index (χ2v) is 4.52. The van der Waals surface area contributed by atoms with Crippen molar-refractivity contribution in [2.45, 2.75) is 50.3 Å². The van der Waals surface area contributed by atoms with Gasteiger partial charge in [-0.1, -0.05) is 0 Å². The van der Waals surface area contributed by atoms with Crippen molar-refractivity contribution in [2.75, 3.05) is 13.2 Å². The zero-order valence-corrected chi connectivity index (χ0v) is 9.58. The van der Waals surface area contributed by atoms with E-state index in [2.05, 4.69) is 0 Å². The van der Waals surface area contributed by atoms with Crippen LogP contribution in [-0.4, -0.2) is 54.0 Å². The van der Waals surface area contributed by atoms with Gasteiger partial charge in [-0.25, -0.2) is 0 Å². The molecule has 4 atom stereocenters. The Hall–Kier alpha value is -0.690. The molecule has 2 N–H and O–H groups in total. The highest BCUT2D eigenvalue weighted by Crippen LogP contribution is 2.19. The number of carbonyl (C=O) groups excluding carboxylic acids is 1. The van der Waals surface area contributed by atoms with Gasteiger partial charge in [0.1, 0.15) is 0 Å². The molecule has 0 radical (unpaired) electrons. The Balaban J connectivity index is 1.52. The quantitative estimate of drug-likeness (QED) is 0.343. The van der Waals surface area contributed by atoms with Crippen molar-refractivity contribution >= 4 is 5.97 Å². The van der Waals surface area contributed by atoms with Crippen LogP contribution in [0.15, 0.2) is 0 Å². The van der Waals surface area contributed by atoms with E-state index in [4.69, 9.17) is 14.2 Å². The topological polar surface area (TPSA) is 91.8 Å². The molecule has 2 fully saturated rings. The molecule has 2 aliphatic heterocycles. The third-order valence-electron chi connectivity index (χ3n) is 2.75. The molecule has 0 amide bonds. The predicted octanol–water partition coefficient (Wildman–Crippen LogP) is -0.433. The monoisotopic (exact) mass is 246 g/mol. The maximum atomic E-state index is 11.3. The van der Waals surface area contributed by atoms with Crippen LogP contribution in [0.5, 0.6) is 0 Å². The molecule has 0 aromatic carbocycles. The predicted molar refractivity (Wildman–Crippen MR) is 56.1 cm³/mol. The molecule has 2 aliphatic rings. The van der Waals surface area contributed by atoms with Crippen LogP contribution >= 0.6 is 0 Å². The van der Waals surface area contributed by atoms with Crippen molar-refractivity contribution in [1.29, 1.82) is 0 Å². The maximum Gasteiger partial charge on any atom is 0.308 e. The lowest BCUT2D eigenvalue weighted by molar-refractivity contribution is -0.169. The summed E-state index contributed by atoms with van der Waals surface area (Å²) in [5.41, 5.74) is 0. The number of hydrogen-bond acceptors (Lipinski definition) is 6. The summed E-state index contributed by atoms with van der Waals surface area (Å²) < 4.78 is 14.6. The Morgan fingerprint density at radius 1 is 1.24 bits per heavy atom. The number of epoxide rings is 2. The summed E-state index contributed by atoms with van der Waals surface area (Å²) in [7, 11) is 0. The van der Waals surface area contributed by atoms with Crippen LogP contribution in [0.3, 0.4) is 0 Å². The number of hydrogen-bond donors (Lipinski definition) is 2. The van der Waals surface area contributed by atoms with Crippen LogP contribution < -0.4 is 0 Å². The van der Waals surface area contributed by atoms with E-state index in [1.807, 2.05) is 0 Å². The minimum atomic E-state index is -1.10. The van der Waals surface area contributed by atoms with Gasteiger partial charge in [0.15, 0.2) is 0 Å². The van der Waals surface area contributed by atoms with E-state index in [0.717, 1.165) is 0 Å². The lowest BCUT2D eigenvalue weighted by Gasteiger charge is -2.12. The Morgan fingerprint density at radius 2 is 1.82 bits per heavy atom. The van der Waals surface area contributed by atoms with Gasteiger partial charge in [0.2, 0.25) is 6.29 Å². The van der Waals surface area contributed by atoms with Crippen LogP contribution in [0.2, 0.25) is 0 Å². The second kappa shape index (κ2) is 5.77. The van der Waals surface area contributed by atoms with Gasteiger partial charge in [0.25, 0.3) is 0 Å². The van der Waals surface area contributed by atoms with Gasteiger partial charge < -0.3 is 24.4 Å². The van der Waals surface area contributed by atoms with E-state index in [0.29, 0.717) is 32.5 Å². The zero-order chi connectivity index (χ0) is 12.3. The minimum absolute atomic E-state index is 0.0235. The summed E-state index contributed by atoms with van der Waals surface area (Å²) >= 11 is 0. The van der Waals surface area contributed by atoms with Crippen molar-refractivity contribution in [3.63, 3.8) is 0 Å². The Labute approximate surface area is 99.5 Å². The average molecular weight is 246 g/mol. The van der Waals surface area contributed by atoms with E-state index in [9.17, 15) is 15.0 Å². The lowest BCUT2D eigenvalue weighted by Crippen LogP contribution is -2.21. The fourth-order valence-corrected chi connectivity index (χ4v) is 1.60. The normalized spacial score (nSPS) is 29.5. The molecule has 0 saturated carbocycles. The van der Waals surface area contributed by atoms with Crippen molar-refractivity contribution in [1.82, 2.24) is 0 Å². The second-order valence-electron chi connectivity index (χ2n) is 4.52.